The van der Waals surface area contributed by atoms with Gasteiger partial charge in [0.2, 0.25) is 0 Å². The Bertz CT molecular complexity index is 583. The quantitative estimate of drug-likeness (QED) is 0.648. The molecule has 1 saturated heterocycles. The van der Waals surface area contributed by atoms with E-state index in [1.807, 2.05) is 6.92 Å². The number of rotatable bonds is 5. The zero-order chi connectivity index (χ0) is 17.4. The van der Waals surface area contributed by atoms with Gasteiger partial charge in [-0.25, -0.2) is 4.99 Å². The Balaban J connectivity index is 2.21. The maximum Gasteiger partial charge on any atom is 0.164 e. The highest BCUT2D eigenvalue weighted by Crippen LogP contribution is 2.44. The van der Waals surface area contributed by atoms with Gasteiger partial charge in [-0.05, 0) is 38.4 Å². The Morgan fingerprint density at radius 1 is 1.48 bits per heavy atom. The molecule has 0 radical (unpaired) electrons. The molecule has 2 rings (SSSR count). The molecule has 4 atom stereocenters. The van der Waals surface area contributed by atoms with Gasteiger partial charge in [-0.1, -0.05) is 13.5 Å². The lowest BCUT2D eigenvalue weighted by Gasteiger charge is -2.34. The summed E-state index contributed by atoms with van der Waals surface area (Å²) in [6.07, 6.45) is 6.94. The third-order valence-corrected chi connectivity index (χ3v) is 5.92. The van der Waals surface area contributed by atoms with Gasteiger partial charge in [0.15, 0.2) is 6.23 Å². The van der Waals surface area contributed by atoms with Crippen molar-refractivity contribution in [2.75, 3.05) is 19.5 Å². The molecule has 2 aliphatic heterocycles. The summed E-state index contributed by atoms with van der Waals surface area (Å²) in [6, 6.07) is 0. The van der Waals surface area contributed by atoms with Crippen LogP contribution in [0.3, 0.4) is 0 Å². The SMILES string of the molecule is C=C1N=C(N)C=CN1C1O[C@](CC)(CCP(=C)(C)C)[C@@H](O)[C@H]1O. The van der Waals surface area contributed by atoms with Crippen molar-refractivity contribution in [2.24, 2.45) is 10.7 Å². The van der Waals surface area contributed by atoms with Crippen LogP contribution in [0.2, 0.25) is 0 Å². The summed E-state index contributed by atoms with van der Waals surface area (Å²) < 4.78 is 6.16. The van der Waals surface area contributed by atoms with E-state index in [0.717, 1.165) is 6.16 Å². The zero-order valence-corrected chi connectivity index (χ0v) is 15.0. The molecule has 23 heavy (non-hydrogen) atoms. The minimum atomic E-state index is -1.25. The zero-order valence-electron chi connectivity index (χ0n) is 14.1. The minimum Gasteiger partial charge on any atom is -0.387 e. The Labute approximate surface area is 138 Å². The van der Waals surface area contributed by atoms with Crippen molar-refractivity contribution < 1.29 is 14.9 Å². The first-order valence-electron chi connectivity index (χ1n) is 7.80. The predicted molar refractivity (Wildman–Crippen MR) is 97.0 cm³/mol. The third-order valence-electron chi connectivity index (χ3n) is 4.49. The van der Waals surface area contributed by atoms with Crippen LogP contribution < -0.4 is 5.73 Å². The number of ether oxygens (including phenoxy) is 1. The van der Waals surface area contributed by atoms with Gasteiger partial charge < -0.3 is 25.6 Å². The molecule has 6 nitrogen and oxygen atoms in total. The fraction of sp³-hybridized carbons (Fsp3) is 0.625. The van der Waals surface area contributed by atoms with E-state index < -0.39 is 30.9 Å². The average molecular weight is 341 g/mol. The topological polar surface area (TPSA) is 91.3 Å². The van der Waals surface area contributed by atoms with Gasteiger partial charge in [-0.2, -0.15) is 0 Å². The molecule has 2 heterocycles. The van der Waals surface area contributed by atoms with Crippen LogP contribution in [-0.4, -0.2) is 70.8 Å². The van der Waals surface area contributed by atoms with Crippen LogP contribution >= 0.6 is 6.89 Å². The second-order valence-corrected chi connectivity index (χ2v) is 11.3. The molecule has 0 aromatic rings. The number of nitrogens with two attached hydrogens (primary N) is 1. The Hall–Kier alpha value is -1.07. The normalized spacial score (nSPS) is 34.8. The van der Waals surface area contributed by atoms with Crippen LogP contribution in [0.4, 0.5) is 0 Å². The third kappa shape index (κ3) is 3.72. The van der Waals surface area contributed by atoms with Crippen molar-refractivity contribution in [3.05, 3.63) is 24.7 Å². The second kappa shape index (κ2) is 6.44. The maximum absolute atomic E-state index is 10.6. The second-order valence-electron chi connectivity index (χ2n) is 6.95. The molecule has 0 amide bonds. The predicted octanol–water partition coefficient (Wildman–Crippen LogP) is 0.970. The molecule has 2 aliphatic rings. The van der Waals surface area contributed by atoms with Crippen LogP contribution in [0.5, 0.6) is 0 Å². The van der Waals surface area contributed by atoms with Crippen molar-refractivity contribution in [1.29, 1.82) is 0 Å². The van der Waals surface area contributed by atoms with E-state index in [0.29, 0.717) is 24.5 Å². The van der Waals surface area contributed by atoms with Crippen molar-refractivity contribution in [2.45, 2.75) is 43.8 Å². The molecule has 1 fully saturated rings. The van der Waals surface area contributed by atoms with Gasteiger partial charge >= 0.3 is 0 Å². The lowest BCUT2D eigenvalue weighted by molar-refractivity contribution is -0.116. The van der Waals surface area contributed by atoms with E-state index in [1.165, 1.54) is 0 Å². The molecule has 0 aromatic heterocycles. The Morgan fingerprint density at radius 3 is 2.65 bits per heavy atom. The van der Waals surface area contributed by atoms with Crippen molar-refractivity contribution in [1.82, 2.24) is 4.90 Å². The number of hydrogen-bond donors (Lipinski definition) is 3. The summed E-state index contributed by atoms with van der Waals surface area (Å²) in [4.78, 5) is 5.71. The summed E-state index contributed by atoms with van der Waals surface area (Å²) in [5.74, 6) is 0.739. The lowest BCUT2D eigenvalue weighted by atomic mass is 9.89. The van der Waals surface area contributed by atoms with E-state index in [2.05, 4.69) is 31.2 Å². The number of nitrogens with zero attached hydrogens (tertiary/aromatic N) is 2. The monoisotopic (exact) mass is 341 g/mol. The number of aliphatic hydroxyl groups is 2. The van der Waals surface area contributed by atoms with Crippen LogP contribution in [0.15, 0.2) is 29.7 Å². The highest BCUT2D eigenvalue weighted by molar-refractivity contribution is 7.72. The number of hydrogen-bond acceptors (Lipinski definition) is 6. The van der Waals surface area contributed by atoms with Gasteiger partial charge in [0.25, 0.3) is 0 Å². The van der Waals surface area contributed by atoms with Crippen LogP contribution in [0.1, 0.15) is 19.8 Å². The molecule has 0 bridgehead atoms. The summed E-state index contributed by atoms with van der Waals surface area (Å²) >= 11 is 0. The molecule has 130 valence electrons. The molecular formula is C16H28N3O3P. The van der Waals surface area contributed by atoms with Crippen molar-refractivity contribution in [3.63, 3.8) is 0 Å². The molecule has 4 N–H and O–H groups in total. The average Bonchev–Trinajstić information content (AvgIpc) is 2.70. The molecule has 7 heteroatoms. The van der Waals surface area contributed by atoms with E-state index in [9.17, 15) is 10.2 Å². The van der Waals surface area contributed by atoms with Crippen LogP contribution in [-0.2, 0) is 4.74 Å². The molecule has 0 saturated carbocycles. The fourth-order valence-corrected chi connectivity index (χ4v) is 3.94. The standard InChI is InChI=1S/C16H28N3O3P/c1-6-16(8-10-23(3,4)5)14(21)13(20)15(22-16)19-9-7-12(17)18-11(19)2/h7,9,13-15,20-21H,2-3,6,8,10H2,1,4-5H3,(H2,17,18)/t13-,14+,15?,16-/m1/s1. The van der Waals surface area contributed by atoms with E-state index >= 15 is 0 Å². The minimum absolute atomic E-state index is 0.352. The molecule has 0 aromatic carbocycles. The first-order chi connectivity index (χ1) is 10.6. The molecular weight excluding hydrogens is 313 g/mol. The summed E-state index contributed by atoms with van der Waals surface area (Å²) in [5, 5.41) is 21.1. The highest BCUT2D eigenvalue weighted by atomic mass is 31.2. The van der Waals surface area contributed by atoms with Crippen LogP contribution in [0, 0.1) is 0 Å². The molecule has 0 spiro atoms. The van der Waals surface area contributed by atoms with Gasteiger partial charge in [-0.3, -0.25) is 0 Å². The smallest absolute Gasteiger partial charge is 0.164 e. The van der Waals surface area contributed by atoms with E-state index in [4.69, 9.17) is 10.5 Å². The van der Waals surface area contributed by atoms with E-state index in [1.54, 1.807) is 17.2 Å². The number of aliphatic imine (C=N–C) groups is 1. The first kappa shape index (κ1) is 18.3. The number of aliphatic hydroxyl groups excluding tert-OH is 2. The Morgan fingerprint density at radius 2 is 2.13 bits per heavy atom. The van der Waals surface area contributed by atoms with Gasteiger partial charge in [0, 0.05) is 6.20 Å². The van der Waals surface area contributed by atoms with Gasteiger partial charge in [0.05, 0.1) is 5.60 Å². The largest absolute Gasteiger partial charge is 0.387 e. The van der Waals surface area contributed by atoms with Gasteiger partial charge in [0.1, 0.15) is 23.9 Å². The van der Waals surface area contributed by atoms with Crippen LogP contribution in [0.25, 0.3) is 0 Å². The first-order valence-corrected chi connectivity index (χ1v) is 10.9. The fourth-order valence-electron chi connectivity index (χ4n) is 2.95. The number of amidine groups is 1. The maximum atomic E-state index is 10.6. The summed E-state index contributed by atoms with van der Waals surface area (Å²) in [7, 11) is 0. The van der Waals surface area contributed by atoms with Crippen molar-refractivity contribution >= 4 is 19.0 Å². The van der Waals surface area contributed by atoms with E-state index in [-0.39, 0.29) is 0 Å². The van der Waals surface area contributed by atoms with Gasteiger partial charge in [-0.15, -0.1) is 13.2 Å². The summed E-state index contributed by atoms with van der Waals surface area (Å²) in [5.41, 5.74) is 4.86. The lowest BCUT2D eigenvalue weighted by Crippen LogP contribution is -2.44. The Kier molecular flexibility index (Phi) is 5.12. The van der Waals surface area contributed by atoms with Crippen molar-refractivity contribution in [3.8, 4) is 0 Å². The molecule has 0 aliphatic carbocycles. The molecule has 1 unspecified atom stereocenters. The highest BCUT2D eigenvalue weighted by Gasteiger charge is 2.54. The summed E-state index contributed by atoms with van der Waals surface area (Å²) in [6.45, 7) is 8.85.